The van der Waals surface area contributed by atoms with Gasteiger partial charge in [0.05, 0.1) is 36.8 Å². The molecule has 2 amide bonds. The highest BCUT2D eigenvalue weighted by molar-refractivity contribution is 5.79. The van der Waals surface area contributed by atoms with E-state index < -0.39 is 47.7 Å². The zero-order chi connectivity index (χ0) is 26.3. The Balaban J connectivity index is 2.19. The number of hydrogen-bond donors (Lipinski definition) is 1. The van der Waals surface area contributed by atoms with E-state index in [-0.39, 0.29) is 12.0 Å². The van der Waals surface area contributed by atoms with Gasteiger partial charge < -0.3 is 19.5 Å². The molecule has 0 bridgehead atoms. The standard InChI is InChI=1S/C24H36FN5O5/c1-14(22(31)27-15(2)20(28-29-26)16-8-10-17(25)11-9-16)21(34-7)19-12-18(33-6)13-30(19)23(32)35-24(3,4)5/h8-11,14-15,18-21H,12-13H2,1-7H3,(H,27,31)/t14-,15-,18-,19+,20?,21-/m1/s1. The van der Waals surface area contributed by atoms with E-state index in [1.165, 1.54) is 31.4 Å². The van der Waals surface area contributed by atoms with Gasteiger partial charge in [-0.15, -0.1) is 0 Å². The predicted molar refractivity (Wildman–Crippen MR) is 128 cm³/mol. The van der Waals surface area contributed by atoms with E-state index in [4.69, 9.17) is 19.7 Å². The van der Waals surface area contributed by atoms with Crippen LogP contribution < -0.4 is 5.32 Å². The molecule has 0 radical (unpaired) electrons. The van der Waals surface area contributed by atoms with Crippen molar-refractivity contribution in [3.05, 3.63) is 46.1 Å². The second kappa shape index (κ2) is 12.2. The molecule has 35 heavy (non-hydrogen) atoms. The van der Waals surface area contributed by atoms with Crippen molar-refractivity contribution in [3.8, 4) is 0 Å². The summed E-state index contributed by atoms with van der Waals surface area (Å²) in [6.07, 6.45) is -0.867. The van der Waals surface area contributed by atoms with Crippen LogP contribution in [-0.4, -0.2) is 67.6 Å². The second-order valence-electron chi connectivity index (χ2n) is 9.78. The van der Waals surface area contributed by atoms with Crippen LogP contribution in [0.1, 0.15) is 52.6 Å². The van der Waals surface area contributed by atoms with Gasteiger partial charge in [-0.25, -0.2) is 9.18 Å². The van der Waals surface area contributed by atoms with Crippen LogP contribution in [0.3, 0.4) is 0 Å². The summed E-state index contributed by atoms with van der Waals surface area (Å²) in [5, 5.41) is 6.68. The van der Waals surface area contributed by atoms with Gasteiger partial charge in [0.1, 0.15) is 11.4 Å². The molecule has 0 saturated carbocycles. The summed E-state index contributed by atoms with van der Waals surface area (Å²) in [6.45, 7) is 9.11. The topological polar surface area (TPSA) is 126 Å². The largest absolute Gasteiger partial charge is 0.444 e. The number of methoxy groups -OCH3 is 2. The Morgan fingerprint density at radius 2 is 1.86 bits per heavy atom. The minimum absolute atomic E-state index is 0.216. The lowest BCUT2D eigenvalue weighted by Crippen LogP contribution is -2.51. The van der Waals surface area contributed by atoms with Crippen molar-refractivity contribution in [1.82, 2.24) is 10.2 Å². The Bertz CT molecular complexity index is 916. The number of rotatable bonds is 9. The molecule has 1 N–H and O–H groups in total. The van der Waals surface area contributed by atoms with Crippen molar-refractivity contribution >= 4 is 12.0 Å². The first-order valence-electron chi connectivity index (χ1n) is 11.6. The van der Waals surface area contributed by atoms with E-state index in [1.807, 2.05) is 0 Å². The lowest BCUT2D eigenvalue weighted by molar-refractivity contribution is -0.131. The Labute approximate surface area is 205 Å². The molecule has 6 atom stereocenters. The summed E-state index contributed by atoms with van der Waals surface area (Å²) < 4.78 is 30.1. The first-order valence-corrected chi connectivity index (χ1v) is 11.6. The van der Waals surface area contributed by atoms with Crippen LogP contribution >= 0.6 is 0 Å². The molecule has 1 unspecified atom stereocenters. The molecule has 10 nitrogen and oxygen atoms in total. The van der Waals surface area contributed by atoms with Crippen LogP contribution in [0.2, 0.25) is 0 Å². The van der Waals surface area contributed by atoms with Crippen molar-refractivity contribution in [2.24, 2.45) is 11.0 Å². The highest BCUT2D eigenvalue weighted by atomic mass is 19.1. The number of amides is 2. The molecule has 2 rings (SSSR count). The molecule has 1 saturated heterocycles. The molecule has 1 aromatic carbocycles. The number of likely N-dealkylation sites (tertiary alicyclic amines) is 1. The fourth-order valence-corrected chi connectivity index (χ4v) is 4.29. The second-order valence-corrected chi connectivity index (χ2v) is 9.78. The van der Waals surface area contributed by atoms with Crippen LogP contribution in [0.15, 0.2) is 29.4 Å². The maximum Gasteiger partial charge on any atom is 0.410 e. The van der Waals surface area contributed by atoms with E-state index >= 15 is 0 Å². The van der Waals surface area contributed by atoms with E-state index in [0.717, 1.165) is 0 Å². The van der Waals surface area contributed by atoms with E-state index in [9.17, 15) is 14.0 Å². The lowest BCUT2D eigenvalue weighted by atomic mass is 9.93. The van der Waals surface area contributed by atoms with Crippen molar-refractivity contribution in [1.29, 1.82) is 0 Å². The van der Waals surface area contributed by atoms with Gasteiger partial charge in [0.15, 0.2) is 0 Å². The number of nitrogens with zero attached hydrogens (tertiary/aromatic N) is 4. The zero-order valence-corrected chi connectivity index (χ0v) is 21.4. The van der Waals surface area contributed by atoms with Crippen molar-refractivity contribution in [2.45, 2.75) is 77.0 Å². The number of carbonyl (C=O) groups is 2. The van der Waals surface area contributed by atoms with Crippen LogP contribution in [0.4, 0.5) is 9.18 Å². The first kappa shape index (κ1) is 28.4. The summed E-state index contributed by atoms with van der Waals surface area (Å²) in [4.78, 5) is 30.5. The number of nitrogens with one attached hydrogen (secondary N) is 1. The normalized spacial score (nSPS) is 21.4. The van der Waals surface area contributed by atoms with Gasteiger partial charge in [0, 0.05) is 25.2 Å². The molecule has 0 aromatic heterocycles. The summed E-state index contributed by atoms with van der Waals surface area (Å²) in [5.41, 5.74) is 8.91. The minimum Gasteiger partial charge on any atom is -0.444 e. The highest BCUT2D eigenvalue weighted by Crippen LogP contribution is 2.30. The average Bonchev–Trinajstić information content (AvgIpc) is 3.22. The summed E-state index contributed by atoms with van der Waals surface area (Å²) in [7, 11) is 3.07. The summed E-state index contributed by atoms with van der Waals surface area (Å²) >= 11 is 0. The van der Waals surface area contributed by atoms with Crippen molar-refractivity contribution in [2.75, 3.05) is 20.8 Å². The van der Waals surface area contributed by atoms with Crippen molar-refractivity contribution < 1.29 is 28.2 Å². The molecule has 0 spiro atoms. The molecule has 1 fully saturated rings. The maximum absolute atomic E-state index is 13.3. The molecule has 194 valence electrons. The van der Waals surface area contributed by atoms with Gasteiger partial charge in [-0.1, -0.05) is 24.2 Å². The average molecular weight is 494 g/mol. The van der Waals surface area contributed by atoms with Crippen LogP contribution in [0.25, 0.3) is 10.4 Å². The number of carbonyl (C=O) groups excluding carboxylic acids is 2. The van der Waals surface area contributed by atoms with Gasteiger partial charge in [-0.3, -0.25) is 9.69 Å². The van der Waals surface area contributed by atoms with Crippen molar-refractivity contribution in [3.63, 3.8) is 0 Å². The van der Waals surface area contributed by atoms with Gasteiger partial charge in [-0.2, -0.15) is 0 Å². The van der Waals surface area contributed by atoms with E-state index in [2.05, 4.69) is 15.3 Å². The van der Waals surface area contributed by atoms with Crippen LogP contribution in [-0.2, 0) is 19.0 Å². The molecule has 1 aliphatic rings. The zero-order valence-electron chi connectivity index (χ0n) is 21.4. The SMILES string of the molecule is CO[C@@H]1C[C@@H]([C@H](OC)[C@@H](C)C(=O)N[C@H](C)C(N=[N+]=[N-])c2ccc(F)cc2)N(C(=O)OC(C)(C)C)C1. The monoisotopic (exact) mass is 493 g/mol. The minimum atomic E-state index is -0.736. The third-order valence-electron chi connectivity index (χ3n) is 6.06. The Kier molecular flexibility index (Phi) is 9.88. The Morgan fingerprint density at radius 3 is 2.37 bits per heavy atom. The highest BCUT2D eigenvalue weighted by Gasteiger charge is 2.45. The molecule has 11 heteroatoms. The number of azide groups is 1. The number of benzene rings is 1. The molecule has 1 aromatic rings. The van der Waals surface area contributed by atoms with Crippen LogP contribution in [0, 0.1) is 11.7 Å². The Morgan fingerprint density at radius 1 is 1.23 bits per heavy atom. The maximum atomic E-state index is 13.3. The molecule has 0 aliphatic carbocycles. The smallest absolute Gasteiger partial charge is 0.410 e. The van der Waals surface area contributed by atoms with Crippen LogP contribution in [0.5, 0.6) is 0 Å². The third kappa shape index (κ3) is 7.55. The molecule has 1 aliphatic heterocycles. The molecular formula is C24H36FN5O5. The van der Waals surface area contributed by atoms with Gasteiger partial charge in [0.25, 0.3) is 0 Å². The fraction of sp³-hybridized carbons (Fsp3) is 0.667. The third-order valence-corrected chi connectivity index (χ3v) is 6.06. The molecular weight excluding hydrogens is 457 g/mol. The summed E-state index contributed by atoms with van der Waals surface area (Å²) in [6, 6.07) is 3.81. The summed E-state index contributed by atoms with van der Waals surface area (Å²) in [5.74, 6) is -1.41. The van der Waals surface area contributed by atoms with Gasteiger partial charge in [0.2, 0.25) is 5.91 Å². The molecule has 1 heterocycles. The quantitative estimate of drug-likeness (QED) is 0.311. The fourth-order valence-electron chi connectivity index (χ4n) is 4.29. The number of ether oxygens (including phenoxy) is 3. The van der Waals surface area contributed by atoms with E-state index in [1.54, 1.807) is 46.6 Å². The predicted octanol–water partition coefficient (Wildman–Crippen LogP) is 4.36. The number of halogens is 1. The van der Waals surface area contributed by atoms with E-state index in [0.29, 0.717) is 18.5 Å². The van der Waals surface area contributed by atoms with Gasteiger partial charge in [-0.05, 0) is 57.3 Å². The Hall–Kier alpha value is -2.88. The number of hydrogen-bond acceptors (Lipinski definition) is 6. The van der Waals surface area contributed by atoms with Gasteiger partial charge >= 0.3 is 6.09 Å². The lowest BCUT2D eigenvalue weighted by Gasteiger charge is -2.35. The first-order chi connectivity index (χ1) is 16.4.